The van der Waals surface area contributed by atoms with Crippen LogP contribution in [0.1, 0.15) is 13.3 Å². The zero-order valence-electron chi connectivity index (χ0n) is 13.2. The Bertz CT molecular complexity index is 790. The van der Waals surface area contributed by atoms with E-state index in [0.717, 1.165) is 11.3 Å². The molecule has 0 saturated heterocycles. The smallest absolute Gasteiger partial charge is 0.277 e. The van der Waals surface area contributed by atoms with Crippen LogP contribution in [0.15, 0.2) is 70.3 Å². The van der Waals surface area contributed by atoms with E-state index in [-0.39, 0.29) is 11.2 Å². The molecule has 0 bridgehead atoms. The van der Waals surface area contributed by atoms with E-state index in [1.165, 1.54) is 11.8 Å². The molecule has 1 atom stereocenters. The molecule has 0 aliphatic heterocycles. The van der Waals surface area contributed by atoms with Crippen LogP contribution in [-0.4, -0.2) is 21.4 Å². The number of rotatable bonds is 6. The number of nitrogens with zero attached hydrogens (tertiary/aromatic N) is 2. The number of nitrogens with one attached hydrogen (secondary N) is 1. The number of hydrogen-bond donors (Lipinski definition) is 1. The molecule has 1 unspecified atom stereocenters. The predicted octanol–water partition coefficient (Wildman–Crippen LogP) is 4.25. The maximum absolute atomic E-state index is 12.4. The molecular formula is C18H17N3O2S. The summed E-state index contributed by atoms with van der Waals surface area (Å²) >= 11 is 1.28. The number of hydrogen-bond acceptors (Lipinski definition) is 5. The van der Waals surface area contributed by atoms with Crippen molar-refractivity contribution in [2.24, 2.45) is 0 Å². The summed E-state index contributed by atoms with van der Waals surface area (Å²) in [6.45, 7) is 1.96. The minimum absolute atomic E-state index is 0.0758. The minimum Gasteiger partial charge on any atom is -0.411 e. The molecule has 1 aromatic heterocycles. The molecule has 122 valence electrons. The topological polar surface area (TPSA) is 68.0 Å². The highest BCUT2D eigenvalue weighted by Gasteiger charge is 2.21. The molecule has 0 aliphatic carbocycles. The largest absolute Gasteiger partial charge is 0.411 e. The van der Waals surface area contributed by atoms with E-state index < -0.39 is 0 Å². The van der Waals surface area contributed by atoms with Gasteiger partial charge >= 0.3 is 0 Å². The average Bonchev–Trinajstić information content (AvgIpc) is 3.10. The molecule has 24 heavy (non-hydrogen) atoms. The average molecular weight is 339 g/mol. The standard InChI is InChI=1S/C18H17N3O2S/c1-2-15(16(22)19-14-11-7-4-8-12-14)24-18-21-20-17(23-18)13-9-5-3-6-10-13/h3-12,15H,2H2,1H3,(H,19,22). The van der Waals surface area contributed by atoms with Gasteiger partial charge in [-0.3, -0.25) is 4.79 Å². The molecule has 0 radical (unpaired) electrons. The lowest BCUT2D eigenvalue weighted by Gasteiger charge is -2.12. The van der Waals surface area contributed by atoms with Gasteiger partial charge in [0.2, 0.25) is 11.8 Å². The Kier molecular flexibility index (Phi) is 5.28. The number of carbonyl (C=O) groups is 1. The van der Waals surface area contributed by atoms with Crippen molar-refractivity contribution in [3.8, 4) is 11.5 Å². The summed E-state index contributed by atoms with van der Waals surface area (Å²) in [5, 5.41) is 11.1. The van der Waals surface area contributed by atoms with Crippen molar-refractivity contribution in [2.45, 2.75) is 23.8 Å². The Morgan fingerprint density at radius 3 is 2.42 bits per heavy atom. The zero-order chi connectivity index (χ0) is 16.8. The lowest BCUT2D eigenvalue weighted by molar-refractivity contribution is -0.115. The number of thioether (sulfide) groups is 1. The van der Waals surface area contributed by atoms with Gasteiger partial charge in [-0.25, -0.2) is 0 Å². The maximum Gasteiger partial charge on any atom is 0.277 e. The highest BCUT2D eigenvalue weighted by Crippen LogP contribution is 2.28. The second kappa shape index (κ2) is 7.79. The number of aromatic nitrogens is 2. The van der Waals surface area contributed by atoms with Gasteiger partial charge in [-0.2, -0.15) is 0 Å². The van der Waals surface area contributed by atoms with Crippen molar-refractivity contribution in [1.82, 2.24) is 10.2 Å². The van der Waals surface area contributed by atoms with E-state index in [0.29, 0.717) is 17.5 Å². The molecule has 2 aromatic carbocycles. The Morgan fingerprint density at radius 2 is 1.75 bits per heavy atom. The van der Waals surface area contributed by atoms with Crippen molar-refractivity contribution in [1.29, 1.82) is 0 Å². The van der Waals surface area contributed by atoms with Crippen molar-refractivity contribution in [2.75, 3.05) is 5.32 Å². The highest BCUT2D eigenvalue weighted by molar-refractivity contribution is 8.00. The third kappa shape index (κ3) is 4.02. The first-order valence-corrected chi connectivity index (χ1v) is 8.55. The summed E-state index contributed by atoms with van der Waals surface area (Å²) in [7, 11) is 0. The molecule has 5 nitrogen and oxygen atoms in total. The van der Waals surface area contributed by atoms with E-state index in [1.54, 1.807) is 0 Å². The fraction of sp³-hybridized carbons (Fsp3) is 0.167. The van der Waals surface area contributed by atoms with Gasteiger partial charge in [0.25, 0.3) is 5.22 Å². The summed E-state index contributed by atoms with van der Waals surface area (Å²) in [5.74, 6) is 0.379. The van der Waals surface area contributed by atoms with Gasteiger partial charge in [0, 0.05) is 11.3 Å². The molecule has 0 fully saturated rings. The molecule has 1 N–H and O–H groups in total. The summed E-state index contributed by atoms with van der Waals surface area (Å²) in [6, 6.07) is 18.9. The normalized spacial score (nSPS) is 11.9. The van der Waals surface area contributed by atoms with Gasteiger partial charge in [0.05, 0.1) is 5.25 Å². The third-order valence-corrected chi connectivity index (χ3v) is 4.57. The van der Waals surface area contributed by atoms with E-state index in [4.69, 9.17) is 4.42 Å². The fourth-order valence-corrected chi connectivity index (χ4v) is 2.93. The van der Waals surface area contributed by atoms with Crippen molar-refractivity contribution < 1.29 is 9.21 Å². The maximum atomic E-state index is 12.4. The monoisotopic (exact) mass is 339 g/mol. The van der Waals surface area contributed by atoms with Gasteiger partial charge < -0.3 is 9.73 Å². The third-order valence-electron chi connectivity index (χ3n) is 3.37. The van der Waals surface area contributed by atoms with Crippen LogP contribution in [0.5, 0.6) is 0 Å². The molecular weight excluding hydrogens is 322 g/mol. The number of carbonyl (C=O) groups excluding carboxylic acids is 1. The molecule has 0 spiro atoms. The van der Waals surface area contributed by atoms with Crippen LogP contribution in [0.4, 0.5) is 5.69 Å². The lowest BCUT2D eigenvalue weighted by atomic mass is 10.2. The predicted molar refractivity (Wildman–Crippen MR) is 94.7 cm³/mol. The van der Waals surface area contributed by atoms with Crippen molar-refractivity contribution >= 4 is 23.4 Å². The molecule has 1 heterocycles. The van der Waals surface area contributed by atoms with E-state index in [1.807, 2.05) is 67.6 Å². The lowest BCUT2D eigenvalue weighted by Crippen LogP contribution is -2.24. The number of benzene rings is 2. The first-order valence-electron chi connectivity index (χ1n) is 7.67. The number of para-hydroxylation sites is 1. The highest BCUT2D eigenvalue weighted by atomic mass is 32.2. The first-order chi connectivity index (χ1) is 11.8. The quantitative estimate of drug-likeness (QED) is 0.680. The second-order valence-electron chi connectivity index (χ2n) is 5.11. The second-order valence-corrected chi connectivity index (χ2v) is 6.26. The Morgan fingerprint density at radius 1 is 1.08 bits per heavy atom. The van der Waals surface area contributed by atoms with Gasteiger partial charge in [0.15, 0.2) is 0 Å². The van der Waals surface area contributed by atoms with Crippen molar-refractivity contribution in [3.05, 3.63) is 60.7 Å². The van der Waals surface area contributed by atoms with Crippen LogP contribution in [0.3, 0.4) is 0 Å². The van der Waals surface area contributed by atoms with Gasteiger partial charge in [0.1, 0.15) is 0 Å². The molecule has 6 heteroatoms. The summed E-state index contributed by atoms with van der Waals surface area (Å²) < 4.78 is 5.66. The molecule has 0 aliphatic rings. The van der Waals surface area contributed by atoms with Gasteiger partial charge in [-0.15, -0.1) is 10.2 Å². The van der Waals surface area contributed by atoms with Crippen LogP contribution >= 0.6 is 11.8 Å². The number of amides is 1. The van der Waals surface area contributed by atoms with Gasteiger partial charge in [-0.1, -0.05) is 55.1 Å². The Labute approximate surface area is 144 Å². The van der Waals surface area contributed by atoms with Crippen LogP contribution in [0, 0.1) is 0 Å². The molecule has 1 amide bonds. The van der Waals surface area contributed by atoms with Crippen LogP contribution < -0.4 is 5.32 Å². The molecule has 3 rings (SSSR count). The van der Waals surface area contributed by atoms with Crippen LogP contribution in [0.25, 0.3) is 11.5 Å². The van der Waals surface area contributed by atoms with Crippen LogP contribution in [0.2, 0.25) is 0 Å². The Hall–Kier alpha value is -2.60. The van der Waals surface area contributed by atoms with E-state index in [9.17, 15) is 4.79 Å². The zero-order valence-corrected chi connectivity index (χ0v) is 14.0. The number of anilines is 1. The first kappa shape index (κ1) is 16.3. The summed E-state index contributed by atoms with van der Waals surface area (Å²) in [5.41, 5.74) is 1.63. The van der Waals surface area contributed by atoms with E-state index >= 15 is 0 Å². The summed E-state index contributed by atoms with van der Waals surface area (Å²) in [6.07, 6.45) is 0.659. The van der Waals surface area contributed by atoms with Crippen molar-refractivity contribution in [3.63, 3.8) is 0 Å². The molecule has 0 saturated carbocycles. The summed E-state index contributed by atoms with van der Waals surface area (Å²) in [4.78, 5) is 12.4. The fourth-order valence-electron chi connectivity index (χ4n) is 2.14. The van der Waals surface area contributed by atoms with Crippen LogP contribution in [-0.2, 0) is 4.79 Å². The molecule has 3 aromatic rings. The SMILES string of the molecule is CCC(Sc1nnc(-c2ccccc2)o1)C(=O)Nc1ccccc1. The van der Waals surface area contributed by atoms with E-state index in [2.05, 4.69) is 15.5 Å². The van der Waals surface area contributed by atoms with Gasteiger partial charge in [-0.05, 0) is 30.7 Å². The Balaban J connectivity index is 1.67. The minimum atomic E-state index is -0.297.